The van der Waals surface area contributed by atoms with Crippen LogP contribution in [0.1, 0.15) is 15.9 Å². The summed E-state index contributed by atoms with van der Waals surface area (Å²) >= 11 is 1.99. The molecule has 1 N–H and O–H groups in total. The number of nitrogens with zero attached hydrogens (tertiary/aromatic N) is 1. The van der Waals surface area contributed by atoms with Gasteiger partial charge in [-0.25, -0.2) is 4.39 Å². The van der Waals surface area contributed by atoms with Gasteiger partial charge in [0.2, 0.25) is 0 Å². The van der Waals surface area contributed by atoms with Crippen molar-refractivity contribution in [3.05, 3.63) is 63.0 Å². The van der Waals surface area contributed by atoms with Gasteiger partial charge in [0.05, 0.1) is 3.57 Å². The van der Waals surface area contributed by atoms with Crippen molar-refractivity contribution in [2.75, 3.05) is 7.05 Å². The lowest BCUT2D eigenvalue weighted by Crippen LogP contribution is -2.26. The molecule has 2 aromatic carbocycles. The monoisotopic (exact) mass is 385 g/mol. The van der Waals surface area contributed by atoms with Crippen LogP contribution < -0.4 is 0 Å². The largest absolute Gasteiger partial charge is 0.507 e. The van der Waals surface area contributed by atoms with E-state index in [1.807, 2.05) is 22.6 Å². The summed E-state index contributed by atoms with van der Waals surface area (Å²) in [6, 6.07) is 10.8. The van der Waals surface area contributed by atoms with E-state index in [4.69, 9.17) is 0 Å². The maximum atomic E-state index is 12.8. The van der Waals surface area contributed by atoms with Crippen LogP contribution in [0.3, 0.4) is 0 Å². The molecule has 0 aliphatic rings. The van der Waals surface area contributed by atoms with Crippen LogP contribution in [0.5, 0.6) is 5.75 Å². The minimum Gasteiger partial charge on any atom is -0.507 e. The maximum absolute atomic E-state index is 12.8. The van der Waals surface area contributed by atoms with Crippen molar-refractivity contribution in [1.29, 1.82) is 0 Å². The molecule has 0 aromatic heterocycles. The predicted molar refractivity (Wildman–Crippen MR) is 83.0 cm³/mol. The fourth-order valence-corrected chi connectivity index (χ4v) is 2.14. The summed E-state index contributed by atoms with van der Waals surface area (Å²) in [7, 11) is 1.67. The van der Waals surface area contributed by atoms with Gasteiger partial charge in [-0.1, -0.05) is 12.1 Å². The molecule has 0 aliphatic heterocycles. The van der Waals surface area contributed by atoms with E-state index in [2.05, 4.69) is 0 Å². The second-order valence-corrected chi connectivity index (χ2v) is 5.62. The average molecular weight is 385 g/mol. The third-order valence-corrected chi connectivity index (χ3v) is 3.78. The Kier molecular flexibility index (Phi) is 4.59. The third-order valence-electron chi connectivity index (χ3n) is 2.87. The molecular formula is C15H13FINO2. The van der Waals surface area contributed by atoms with Crippen LogP contribution in [0.2, 0.25) is 0 Å². The predicted octanol–water partition coefficient (Wildman–Crippen LogP) is 3.41. The van der Waals surface area contributed by atoms with E-state index < -0.39 is 0 Å². The second kappa shape index (κ2) is 6.21. The zero-order valence-corrected chi connectivity index (χ0v) is 13.0. The van der Waals surface area contributed by atoms with Crippen molar-refractivity contribution >= 4 is 28.5 Å². The van der Waals surface area contributed by atoms with Crippen LogP contribution in [-0.2, 0) is 6.54 Å². The highest BCUT2D eigenvalue weighted by Crippen LogP contribution is 2.21. The molecule has 0 fully saturated rings. The van der Waals surface area contributed by atoms with Crippen LogP contribution in [0.15, 0.2) is 42.5 Å². The zero-order chi connectivity index (χ0) is 14.7. The topological polar surface area (TPSA) is 40.5 Å². The highest BCUT2D eigenvalue weighted by molar-refractivity contribution is 14.1. The fraction of sp³-hybridized carbons (Fsp3) is 0.133. The number of carbonyl (C=O) groups excluding carboxylic acids is 1. The van der Waals surface area contributed by atoms with Gasteiger partial charge in [-0.3, -0.25) is 4.79 Å². The van der Waals surface area contributed by atoms with Crippen LogP contribution in [-0.4, -0.2) is 23.0 Å². The molecule has 2 aromatic rings. The number of hydrogen-bond donors (Lipinski definition) is 1. The van der Waals surface area contributed by atoms with Gasteiger partial charge >= 0.3 is 0 Å². The van der Waals surface area contributed by atoms with E-state index in [9.17, 15) is 14.3 Å². The number of amides is 1. The first-order chi connectivity index (χ1) is 9.47. The Bertz CT molecular complexity index is 628. The summed E-state index contributed by atoms with van der Waals surface area (Å²) in [5, 5.41) is 9.63. The van der Waals surface area contributed by atoms with Gasteiger partial charge in [0.1, 0.15) is 11.6 Å². The standard InChI is InChI=1S/C15H13FINO2/c1-18(9-10-2-5-12(16)6-3-10)15(20)11-4-7-13(17)14(19)8-11/h2-8,19H,9H2,1H3. The normalized spacial score (nSPS) is 10.3. The maximum Gasteiger partial charge on any atom is 0.254 e. The van der Waals surface area contributed by atoms with Gasteiger partial charge in [0.25, 0.3) is 5.91 Å². The number of phenolic OH excluding ortho intramolecular Hbond substituents is 1. The first-order valence-corrected chi connectivity index (χ1v) is 7.03. The molecule has 0 spiro atoms. The summed E-state index contributed by atoms with van der Waals surface area (Å²) in [4.78, 5) is 13.7. The van der Waals surface area contributed by atoms with Gasteiger partial charge in [0, 0.05) is 19.2 Å². The zero-order valence-electron chi connectivity index (χ0n) is 10.8. The quantitative estimate of drug-likeness (QED) is 0.823. The van der Waals surface area contributed by atoms with E-state index in [1.54, 1.807) is 31.3 Å². The average Bonchev–Trinajstić information content (AvgIpc) is 2.43. The Morgan fingerprint density at radius 2 is 1.90 bits per heavy atom. The molecule has 0 unspecified atom stereocenters. The van der Waals surface area contributed by atoms with Gasteiger partial charge in [-0.15, -0.1) is 0 Å². The lowest BCUT2D eigenvalue weighted by Gasteiger charge is -2.17. The van der Waals surface area contributed by atoms with Crippen molar-refractivity contribution < 1.29 is 14.3 Å². The molecule has 3 nitrogen and oxygen atoms in total. The van der Waals surface area contributed by atoms with Gasteiger partial charge in [0.15, 0.2) is 0 Å². The smallest absolute Gasteiger partial charge is 0.254 e. The molecular weight excluding hydrogens is 372 g/mol. The lowest BCUT2D eigenvalue weighted by molar-refractivity contribution is 0.0784. The van der Waals surface area contributed by atoms with Crippen molar-refractivity contribution in [1.82, 2.24) is 4.90 Å². The van der Waals surface area contributed by atoms with Crippen LogP contribution in [0.4, 0.5) is 4.39 Å². The van der Waals surface area contributed by atoms with Crippen molar-refractivity contribution in [3.8, 4) is 5.75 Å². The Balaban J connectivity index is 2.11. The highest BCUT2D eigenvalue weighted by Gasteiger charge is 2.13. The molecule has 1 amide bonds. The van der Waals surface area contributed by atoms with E-state index >= 15 is 0 Å². The second-order valence-electron chi connectivity index (χ2n) is 4.45. The number of carbonyl (C=O) groups is 1. The molecule has 0 saturated heterocycles. The molecule has 0 aliphatic carbocycles. The van der Waals surface area contributed by atoms with Gasteiger partial charge in [-0.2, -0.15) is 0 Å². The molecule has 20 heavy (non-hydrogen) atoms. The van der Waals surface area contributed by atoms with Crippen LogP contribution in [0.25, 0.3) is 0 Å². The van der Waals surface area contributed by atoms with Crippen LogP contribution in [0, 0.1) is 9.39 Å². The van der Waals surface area contributed by atoms with Crippen molar-refractivity contribution in [2.45, 2.75) is 6.54 Å². The van der Waals surface area contributed by atoms with Gasteiger partial charge < -0.3 is 10.0 Å². The number of aromatic hydroxyl groups is 1. The minimum atomic E-state index is -0.301. The summed E-state index contributed by atoms with van der Waals surface area (Å²) < 4.78 is 13.5. The highest BCUT2D eigenvalue weighted by atomic mass is 127. The number of hydrogen-bond acceptors (Lipinski definition) is 2. The molecule has 5 heteroatoms. The molecule has 0 bridgehead atoms. The number of halogens is 2. The molecule has 0 heterocycles. The molecule has 2 rings (SSSR count). The number of benzene rings is 2. The van der Waals surface area contributed by atoms with E-state index in [-0.39, 0.29) is 17.5 Å². The van der Waals surface area contributed by atoms with Crippen molar-refractivity contribution in [3.63, 3.8) is 0 Å². The molecule has 104 valence electrons. The molecule has 0 saturated carbocycles. The molecule has 0 radical (unpaired) electrons. The Hall–Kier alpha value is -1.63. The van der Waals surface area contributed by atoms with E-state index in [1.165, 1.54) is 23.1 Å². The summed E-state index contributed by atoms with van der Waals surface area (Å²) in [6.07, 6.45) is 0. The number of rotatable bonds is 3. The summed E-state index contributed by atoms with van der Waals surface area (Å²) in [5.41, 5.74) is 1.27. The number of phenols is 1. The van der Waals surface area contributed by atoms with E-state index in [0.717, 1.165) is 5.56 Å². The third kappa shape index (κ3) is 3.47. The first kappa shape index (κ1) is 14.8. The van der Waals surface area contributed by atoms with E-state index in [0.29, 0.717) is 15.7 Å². The SMILES string of the molecule is CN(Cc1ccc(F)cc1)C(=O)c1ccc(I)c(O)c1. The van der Waals surface area contributed by atoms with Gasteiger partial charge in [-0.05, 0) is 58.5 Å². The Labute approximate surface area is 130 Å². The summed E-state index contributed by atoms with van der Waals surface area (Å²) in [5.74, 6) is -0.405. The minimum absolute atomic E-state index is 0.0895. The fourth-order valence-electron chi connectivity index (χ4n) is 1.80. The molecule has 0 atom stereocenters. The summed E-state index contributed by atoms with van der Waals surface area (Å²) in [6.45, 7) is 0.381. The first-order valence-electron chi connectivity index (χ1n) is 5.96. The Morgan fingerprint density at radius 1 is 1.25 bits per heavy atom. The Morgan fingerprint density at radius 3 is 2.50 bits per heavy atom. The lowest BCUT2D eigenvalue weighted by atomic mass is 10.1. The van der Waals surface area contributed by atoms with Crippen LogP contribution >= 0.6 is 22.6 Å². The van der Waals surface area contributed by atoms with Crippen molar-refractivity contribution in [2.24, 2.45) is 0 Å².